The highest BCUT2D eigenvalue weighted by Gasteiger charge is 2.29. The average molecular weight is 296 g/mol. The van der Waals surface area contributed by atoms with Crippen LogP contribution in [0.2, 0.25) is 5.02 Å². The third-order valence-corrected chi connectivity index (χ3v) is 3.91. The summed E-state index contributed by atoms with van der Waals surface area (Å²) in [6, 6.07) is 5.73. The van der Waals surface area contributed by atoms with E-state index in [-0.39, 0.29) is 12.1 Å². The number of aliphatic carboxylic acids is 1. The molecule has 1 aliphatic rings. The number of hydrogen-bond donors (Lipinski definition) is 1. The van der Waals surface area contributed by atoms with E-state index in [0.29, 0.717) is 5.02 Å². The first-order valence-corrected chi connectivity index (χ1v) is 6.92. The van der Waals surface area contributed by atoms with E-state index >= 15 is 0 Å². The van der Waals surface area contributed by atoms with Crippen LogP contribution in [-0.4, -0.2) is 36.9 Å². The van der Waals surface area contributed by atoms with Crippen molar-refractivity contribution in [2.75, 3.05) is 18.6 Å². The third-order valence-electron chi connectivity index (χ3n) is 3.61. The zero-order valence-electron chi connectivity index (χ0n) is 11.5. The summed E-state index contributed by atoms with van der Waals surface area (Å²) in [6.45, 7) is 2.78. The number of rotatable bonds is 4. The molecule has 0 bridgehead atoms. The fourth-order valence-corrected chi connectivity index (χ4v) is 2.91. The molecule has 0 saturated carbocycles. The second kappa shape index (κ2) is 6.29. The van der Waals surface area contributed by atoms with Crippen LogP contribution in [0.4, 0.5) is 5.69 Å². The Balaban J connectivity index is 2.36. The molecule has 1 N–H and O–H groups in total. The molecular weight excluding hydrogens is 278 g/mol. The minimum atomic E-state index is -0.976. The summed E-state index contributed by atoms with van der Waals surface area (Å²) in [7, 11) is 1.97. The first-order valence-electron chi connectivity index (χ1n) is 6.54. The number of anilines is 1. The number of hydrogen-bond acceptors (Lipinski definition) is 3. The number of halogens is 1. The summed E-state index contributed by atoms with van der Waals surface area (Å²) in [6.07, 6.45) is 3.76. The number of carbonyl (C=O) groups is 1. The highest BCUT2D eigenvalue weighted by Crippen LogP contribution is 2.34. The Hall–Kier alpha value is -1.52. The van der Waals surface area contributed by atoms with Gasteiger partial charge in [0.1, 0.15) is 0 Å². The van der Waals surface area contributed by atoms with Crippen molar-refractivity contribution >= 4 is 29.3 Å². The van der Waals surface area contributed by atoms with Crippen molar-refractivity contribution in [3.63, 3.8) is 0 Å². The van der Waals surface area contributed by atoms with E-state index < -0.39 is 5.97 Å². The number of benzene rings is 1. The van der Waals surface area contributed by atoms with Gasteiger partial charge in [-0.1, -0.05) is 23.7 Å². The van der Waals surface area contributed by atoms with Gasteiger partial charge in [-0.2, -0.15) is 0 Å². The molecule has 0 amide bonds. The lowest BCUT2D eigenvalue weighted by atomic mass is 10.1. The molecule has 0 radical (unpaired) electrons. The van der Waals surface area contributed by atoms with Crippen LogP contribution >= 0.6 is 11.6 Å². The van der Waals surface area contributed by atoms with Gasteiger partial charge in [-0.25, -0.2) is 4.79 Å². The summed E-state index contributed by atoms with van der Waals surface area (Å²) < 4.78 is 5.59. The van der Waals surface area contributed by atoms with Crippen molar-refractivity contribution in [2.24, 2.45) is 0 Å². The van der Waals surface area contributed by atoms with Crippen LogP contribution in [0.15, 0.2) is 24.3 Å². The van der Waals surface area contributed by atoms with Gasteiger partial charge < -0.3 is 14.7 Å². The molecule has 1 saturated heterocycles. The zero-order chi connectivity index (χ0) is 14.7. The van der Waals surface area contributed by atoms with Crippen molar-refractivity contribution in [3.8, 4) is 0 Å². The smallest absolute Gasteiger partial charge is 0.328 e. The minimum absolute atomic E-state index is 0.132. The maximum absolute atomic E-state index is 10.7. The van der Waals surface area contributed by atoms with Gasteiger partial charge in [-0.15, -0.1) is 0 Å². The standard InChI is InChI=1S/C15H18ClNO3/c1-10-13(8-9-20-10)17(2)15-11(6-7-14(18)19)4-3-5-12(15)16/h3-7,10,13H,8-9H2,1-2H3,(H,18,19)/b7-6+. The quantitative estimate of drug-likeness (QED) is 0.868. The molecule has 2 rings (SSSR count). The molecule has 0 spiro atoms. The Morgan fingerprint density at radius 1 is 1.55 bits per heavy atom. The fraction of sp³-hybridized carbons (Fsp3) is 0.400. The van der Waals surface area contributed by atoms with Gasteiger partial charge in [-0.05, 0) is 31.1 Å². The molecule has 5 heteroatoms. The van der Waals surface area contributed by atoms with Gasteiger partial charge in [0, 0.05) is 19.7 Å². The molecule has 0 aromatic heterocycles. The molecule has 4 nitrogen and oxygen atoms in total. The van der Waals surface area contributed by atoms with Crippen LogP contribution in [0.25, 0.3) is 6.08 Å². The number of nitrogens with zero attached hydrogens (tertiary/aromatic N) is 1. The minimum Gasteiger partial charge on any atom is -0.478 e. The maximum atomic E-state index is 10.7. The molecular formula is C15H18ClNO3. The Morgan fingerprint density at radius 3 is 2.90 bits per heavy atom. The number of ether oxygens (including phenoxy) is 1. The maximum Gasteiger partial charge on any atom is 0.328 e. The van der Waals surface area contributed by atoms with E-state index in [0.717, 1.165) is 30.4 Å². The van der Waals surface area contributed by atoms with E-state index in [2.05, 4.69) is 4.90 Å². The normalized spacial score (nSPS) is 22.4. The number of carboxylic acids is 1. The topological polar surface area (TPSA) is 49.8 Å². The highest BCUT2D eigenvalue weighted by molar-refractivity contribution is 6.33. The van der Waals surface area contributed by atoms with Crippen molar-refractivity contribution in [1.29, 1.82) is 0 Å². The molecule has 0 aliphatic carbocycles. The molecule has 1 heterocycles. The van der Waals surface area contributed by atoms with Gasteiger partial charge in [0.25, 0.3) is 0 Å². The van der Waals surface area contributed by atoms with Gasteiger partial charge in [0.2, 0.25) is 0 Å². The SMILES string of the molecule is CC1OCCC1N(C)c1c(Cl)cccc1/C=C/C(=O)O. The molecule has 2 unspecified atom stereocenters. The Labute approximate surface area is 123 Å². The van der Waals surface area contributed by atoms with Crippen LogP contribution in [0, 0.1) is 0 Å². The van der Waals surface area contributed by atoms with E-state index in [1.54, 1.807) is 6.08 Å². The highest BCUT2D eigenvalue weighted by atomic mass is 35.5. The van der Waals surface area contributed by atoms with Crippen LogP contribution in [-0.2, 0) is 9.53 Å². The van der Waals surface area contributed by atoms with Gasteiger partial charge in [0.15, 0.2) is 0 Å². The second-order valence-corrected chi connectivity index (χ2v) is 5.30. The fourth-order valence-electron chi connectivity index (χ4n) is 2.59. The van der Waals surface area contributed by atoms with E-state index in [4.69, 9.17) is 21.4 Å². The summed E-state index contributed by atoms with van der Waals surface area (Å²) in [5.74, 6) is -0.976. The summed E-state index contributed by atoms with van der Waals surface area (Å²) >= 11 is 6.30. The lowest BCUT2D eigenvalue weighted by Gasteiger charge is -2.30. The summed E-state index contributed by atoms with van der Waals surface area (Å²) in [5.41, 5.74) is 1.63. The first kappa shape index (κ1) is 14.9. The van der Waals surface area contributed by atoms with Gasteiger partial charge in [0.05, 0.1) is 22.9 Å². The van der Waals surface area contributed by atoms with Crippen LogP contribution in [0.3, 0.4) is 0 Å². The predicted molar refractivity (Wildman–Crippen MR) is 80.3 cm³/mol. The summed E-state index contributed by atoms with van der Waals surface area (Å²) in [4.78, 5) is 12.8. The van der Waals surface area contributed by atoms with E-state index in [1.165, 1.54) is 0 Å². The van der Waals surface area contributed by atoms with Crippen LogP contribution < -0.4 is 4.90 Å². The largest absolute Gasteiger partial charge is 0.478 e. The third kappa shape index (κ3) is 3.14. The second-order valence-electron chi connectivity index (χ2n) is 4.89. The lowest BCUT2D eigenvalue weighted by Crippen LogP contribution is -2.37. The first-order chi connectivity index (χ1) is 9.50. The lowest BCUT2D eigenvalue weighted by molar-refractivity contribution is -0.131. The number of para-hydroxylation sites is 1. The Bertz CT molecular complexity index is 530. The van der Waals surface area contributed by atoms with Gasteiger partial charge in [-0.3, -0.25) is 0 Å². The van der Waals surface area contributed by atoms with Crippen molar-refractivity contribution in [1.82, 2.24) is 0 Å². The average Bonchev–Trinajstić information content (AvgIpc) is 2.82. The molecule has 1 aromatic rings. The number of carboxylic acid groups (broad SMARTS) is 1. The Morgan fingerprint density at radius 2 is 2.30 bits per heavy atom. The monoisotopic (exact) mass is 295 g/mol. The number of likely N-dealkylation sites (N-methyl/N-ethyl adjacent to an activating group) is 1. The molecule has 20 heavy (non-hydrogen) atoms. The van der Waals surface area contributed by atoms with E-state index in [9.17, 15) is 4.79 Å². The molecule has 1 aliphatic heterocycles. The van der Waals surface area contributed by atoms with Crippen LogP contribution in [0.5, 0.6) is 0 Å². The van der Waals surface area contributed by atoms with Crippen molar-refractivity contribution in [2.45, 2.75) is 25.5 Å². The van der Waals surface area contributed by atoms with Crippen molar-refractivity contribution in [3.05, 3.63) is 34.9 Å². The zero-order valence-corrected chi connectivity index (χ0v) is 12.3. The van der Waals surface area contributed by atoms with Crippen molar-refractivity contribution < 1.29 is 14.6 Å². The molecule has 2 atom stereocenters. The predicted octanol–water partition coefficient (Wildman–Crippen LogP) is 3.05. The van der Waals surface area contributed by atoms with Gasteiger partial charge >= 0.3 is 5.97 Å². The van der Waals surface area contributed by atoms with Crippen LogP contribution in [0.1, 0.15) is 18.9 Å². The Kier molecular flexibility index (Phi) is 4.68. The molecule has 108 valence electrons. The molecule has 1 fully saturated rings. The summed E-state index contributed by atoms with van der Waals surface area (Å²) in [5, 5.41) is 9.38. The molecule has 1 aromatic carbocycles. The van der Waals surface area contributed by atoms with E-state index in [1.807, 2.05) is 32.2 Å².